The number of fused-ring (bicyclic) bond motifs is 1. The number of amides is 1. The van der Waals surface area contributed by atoms with Gasteiger partial charge in [0.1, 0.15) is 5.60 Å². The van der Waals surface area contributed by atoms with Crippen LogP contribution in [0.15, 0.2) is 24.3 Å². The summed E-state index contributed by atoms with van der Waals surface area (Å²) in [7, 11) is 1.61. The number of halogens is 4. The molecular formula is C34H39ClF3N3O5. The third-order valence-corrected chi connectivity index (χ3v) is 10.1. The highest BCUT2D eigenvalue weighted by molar-refractivity contribution is 6.34. The van der Waals surface area contributed by atoms with Crippen LogP contribution in [-0.2, 0) is 37.3 Å². The predicted molar refractivity (Wildman–Crippen MR) is 164 cm³/mol. The normalized spacial score (nSPS) is 22.9. The second-order valence-corrected chi connectivity index (χ2v) is 14.4. The number of methoxy groups -OCH3 is 1. The second kappa shape index (κ2) is 11.8. The second-order valence-electron chi connectivity index (χ2n) is 14.0. The van der Waals surface area contributed by atoms with Gasteiger partial charge in [0.15, 0.2) is 0 Å². The smallest absolute Gasteiger partial charge is 0.398 e. The molecule has 2 atom stereocenters. The molecule has 2 heterocycles. The molecule has 0 spiro atoms. The number of carbonyl (C=O) groups excluding carboxylic acids is 3. The van der Waals surface area contributed by atoms with Gasteiger partial charge in [-0.05, 0) is 82.9 Å². The summed E-state index contributed by atoms with van der Waals surface area (Å²) in [5.74, 6) is -1.75. The van der Waals surface area contributed by atoms with Crippen molar-refractivity contribution in [2.75, 3.05) is 20.2 Å². The van der Waals surface area contributed by atoms with Crippen molar-refractivity contribution in [3.8, 4) is 0 Å². The van der Waals surface area contributed by atoms with E-state index in [-0.39, 0.29) is 59.3 Å². The number of likely N-dealkylation sites (tertiary alicyclic amines) is 1. The number of alkyl halides is 3. The first-order chi connectivity index (χ1) is 21.6. The maximum Gasteiger partial charge on any atom is 0.398 e. The lowest BCUT2D eigenvalue weighted by Gasteiger charge is -2.40. The molecular weight excluding hydrogens is 623 g/mol. The molecule has 8 nitrogen and oxygen atoms in total. The molecule has 4 aliphatic rings. The lowest BCUT2D eigenvalue weighted by molar-refractivity contribution is -0.161. The Morgan fingerprint density at radius 2 is 1.74 bits per heavy atom. The van der Waals surface area contributed by atoms with E-state index in [2.05, 4.69) is 0 Å². The van der Waals surface area contributed by atoms with Gasteiger partial charge in [0.05, 0.1) is 39.4 Å². The zero-order chi connectivity index (χ0) is 33.2. The van der Waals surface area contributed by atoms with Crippen LogP contribution in [-0.4, -0.2) is 70.5 Å². The van der Waals surface area contributed by atoms with E-state index in [1.54, 1.807) is 12.0 Å². The summed E-state index contributed by atoms with van der Waals surface area (Å²) in [5, 5.41) is 4.69. The minimum atomic E-state index is -4.55. The molecule has 1 aromatic carbocycles. The van der Waals surface area contributed by atoms with Crippen molar-refractivity contribution in [3.05, 3.63) is 57.4 Å². The van der Waals surface area contributed by atoms with Crippen LogP contribution in [0.25, 0.3) is 5.57 Å². The summed E-state index contributed by atoms with van der Waals surface area (Å²) >= 11 is 6.51. The molecule has 2 fully saturated rings. The van der Waals surface area contributed by atoms with Gasteiger partial charge in [-0.25, -0.2) is 0 Å². The molecule has 12 heteroatoms. The number of ether oxygens (including phenoxy) is 2. The van der Waals surface area contributed by atoms with Crippen LogP contribution in [0.1, 0.15) is 92.2 Å². The lowest BCUT2D eigenvalue weighted by atomic mass is 9.82. The van der Waals surface area contributed by atoms with E-state index >= 15 is 0 Å². The summed E-state index contributed by atoms with van der Waals surface area (Å²) in [5.41, 5.74) is -0.300. The average Bonchev–Trinajstić information content (AvgIpc) is 3.71. The molecule has 0 N–H and O–H groups in total. The third kappa shape index (κ3) is 5.89. The van der Waals surface area contributed by atoms with Gasteiger partial charge in [0.2, 0.25) is 5.91 Å². The Morgan fingerprint density at radius 3 is 2.33 bits per heavy atom. The highest BCUT2D eigenvalue weighted by Crippen LogP contribution is 2.60. The van der Waals surface area contributed by atoms with E-state index in [1.165, 1.54) is 22.9 Å². The maximum atomic E-state index is 14.3. The summed E-state index contributed by atoms with van der Waals surface area (Å²) in [6.07, 6.45) is -0.111. The van der Waals surface area contributed by atoms with Gasteiger partial charge in [-0.15, -0.1) is 0 Å². The molecule has 0 bridgehead atoms. The summed E-state index contributed by atoms with van der Waals surface area (Å²) < 4.78 is 55.0. The minimum Gasteiger partial charge on any atom is -0.460 e. The van der Waals surface area contributed by atoms with Gasteiger partial charge in [0.25, 0.3) is 5.91 Å². The van der Waals surface area contributed by atoms with Crippen LogP contribution in [0, 0.1) is 11.8 Å². The van der Waals surface area contributed by atoms with Crippen LogP contribution < -0.4 is 0 Å². The SMILES string of the molecule is COC1CN(C(=O)C2CCc3c(C4=CCC(C(=O)OC(C)(C)C)CC4)nn(C(=O)c4c(Cl)cccc4C4(C(F)(F)F)CC4)c3C2)C1. The fourth-order valence-electron chi connectivity index (χ4n) is 7.00. The molecule has 1 saturated heterocycles. The van der Waals surface area contributed by atoms with E-state index in [9.17, 15) is 27.6 Å². The summed E-state index contributed by atoms with van der Waals surface area (Å²) in [4.78, 5) is 42.2. The first-order valence-corrected chi connectivity index (χ1v) is 16.3. The zero-order valence-corrected chi connectivity index (χ0v) is 27.3. The first kappa shape index (κ1) is 32.7. The van der Waals surface area contributed by atoms with Crippen molar-refractivity contribution in [2.24, 2.45) is 11.8 Å². The van der Waals surface area contributed by atoms with Crippen LogP contribution in [0.5, 0.6) is 0 Å². The van der Waals surface area contributed by atoms with Crippen molar-refractivity contribution in [3.63, 3.8) is 0 Å². The quantitative estimate of drug-likeness (QED) is 0.337. The molecule has 0 radical (unpaired) electrons. The van der Waals surface area contributed by atoms with Crippen LogP contribution in [0.3, 0.4) is 0 Å². The standard InChI is InChI=1S/C34H39ClF3N3O5/c1-32(2,3)46-31(44)20-10-8-19(9-11-20)28-23-13-12-21(29(42)40-17-22(18-40)45-4)16-26(23)41(39-28)30(43)27-24(6-5-7-25(27)35)33(14-15-33)34(36,37)38/h5-8,20-22H,9-18H2,1-4H3. The molecule has 1 aromatic heterocycles. The van der Waals surface area contributed by atoms with Gasteiger partial charge >= 0.3 is 12.1 Å². The predicted octanol–water partition coefficient (Wildman–Crippen LogP) is 6.31. The monoisotopic (exact) mass is 661 g/mol. The Bertz CT molecular complexity index is 1600. The Morgan fingerprint density at radius 1 is 1.04 bits per heavy atom. The number of hydrogen-bond donors (Lipinski definition) is 0. The van der Waals surface area contributed by atoms with E-state index < -0.39 is 29.0 Å². The molecule has 46 heavy (non-hydrogen) atoms. The van der Waals surface area contributed by atoms with Crippen LogP contribution in [0.2, 0.25) is 5.02 Å². The van der Waals surface area contributed by atoms with Gasteiger partial charge < -0.3 is 14.4 Å². The van der Waals surface area contributed by atoms with E-state index in [0.717, 1.165) is 11.1 Å². The number of esters is 1. The van der Waals surface area contributed by atoms with Crippen molar-refractivity contribution in [1.82, 2.24) is 14.7 Å². The summed E-state index contributed by atoms with van der Waals surface area (Å²) in [6.45, 7) is 6.47. The zero-order valence-electron chi connectivity index (χ0n) is 26.5. The number of aromatic nitrogens is 2. The Hall–Kier alpha value is -3.18. The average molecular weight is 662 g/mol. The largest absolute Gasteiger partial charge is 0.460 e. The highest BCUT2D eigenvalue weighted by atomic mass is 35.5. The first-order valence-electron chi connectivity index (χ1n) is 15.9. The molecule has 2 unspecified atom stereocenters. The van der Waals surface area contributed by atoms with E-state index in [4.69, 9.17) is 26.2 Å². The van der Waals surface area contributed by atoms with Crippen molar-refractivity contribution in [2.45, 2.75) is 95.4 Å². The maximum absolute atomic E-state index is 14.3. The molecule has 248 valence electrons. The van der Waals surface area contributed by atoms with Crippen molar-refractivity contribution in [1.29, 1.82) is 0 Å². The van der Waals surface area contributed by atoms with Gasteiger partial charge in [-0.2, -0.15) is 23.0 Å². The molecule has 3 aliphatic carbocycles. The molecule has 1 aliphatic heterocycles. The van der Waals surface area contributed by atoms with Crippen molar-refractivity contribution < 1.29 is 37.0 Å². The van der Waals surface area contributed by atoms with Gasteiger partial charge in [-0.1, -0.05) is 29.8 Å². The number of rotatable bonds is 6. The molecule has 1 amide bonds. The summed E-state index contributed by atoms with van der Waals surface area (Å²) in [6, 6.07) is 4.19. The van der Waals surface area contributed by atoms with Gasteiger partial charge in [-0.3, -0.25) is 14.4 Å². The van der Waals surface area contributed by atoms with E-state index in [1.807, 2.05) is 26.8 Å². The molecule has 1 saturated carbocycles. The molecule has 2 aromatic rings. The Kier molecular flexibility index (Phi) is 8.41. The van der Waals surface area contributed by atoms with Crippen LogP contribution >= 0.6 is 11.6 Å². The fourth-order valence-corrected chi connectivity index (χ4v) is 7.25. The Labute approximate surface area is 271 Å². The number of allylic oxidation sites excluding steroid dienone is 2. The highest BCUT2D eigenvalue weighted by Gasteiger charge is 2.65. The van der Waals surface area contributed by atoms with Crippen molar-refractivity contribution >= 4 is 35.0 Å². The topological polar surface area (TPSA) is 90.7 Å². The Balaban J connectivity index is 1.37. The lowest BCUT2D eigenvalue weighted by Crippen LogP contribution is -2.56. The number of nitrogens with zero attached hydrogens (tertiary/aromatic N) is 3. The molecule has 6 rings (SSSR count). The number of carbonyl (C=O) groups is 3. The fraction of sp³-hybridized carbons (Fsp3) is 0.588. The van der Waals surface area contributed by atoms with E-state index in [0.29, 0.717) is 56.6 Å². The third-order valence-electron chi connectivity index (χ3n) is 9.80. The van der Waals surface area contributed by atoms with Crippen LogP contribution in [0.4, 0.5) is 13.2 Å². The minimum absolute atomic E-state index is 0.00780. The number of benzene rings is 1. The van der Waals surface area contributed by atoms with Gasteiger partial charge in [0, 0.05) is 38.1 Å². The number of hydrogen-bond acceptors (Lipinski definition) is 6.